The van der Waals surface area contributed by atoms with Gasteiger partial charge < -0.3 is 15.2 Å². The summed E-state index contributed by atoms with van der Waals surface area (Å²) in [5, 5.41) is 12.0. The Bertz CT molecular complexity index is 584. The summed E-state index contributed by atoms with van der Waals surface area (Å²) < 4.78 is 19.0. The van der Waals surface area contributed by atoms with Crippen molar-refractivity contribution in [2.75, 3.05) is 13.2 Å². The molecule has 0 aromatic heterocycles. The summed E-state index contributed by atoms with van der Waals surface area (Å²) in [6.45, 7) is 2.74. The third-order valence-corrected chi connectivity index (χ3v) is 4.61. The zero-order valence-corrected chi connectivity index (χ0v) is 13.9. The molecule has 1 atom stereocenters. The number of benzene rings is 1. The molecule has 1 aromatic carbocycles. The van der Waals surface area contributed by atoms with Gasteiger partial charge in [-0.3, -0.25) is 4.79 Å². The lowest BCUT2D eigenvalue weighted by Gasteiger charge is -2.37. The predicted octanol–water partition coefficient (Wildman–Crippen LogP) is 2.63. The van der Waals surface area contributed by atoms with Crippen LogP contribution in [0.3, 0.4) is 0 Å². The highest BCUT2D eigenvalue weighted by atomic mass is 19.1. The molecule has 0 bridgehead atoms. The van der Waals surface area contributed by atoms with E-state index in [1.54, 1.807) is 12.1 Å². The standard InChI is InChI=1S/C18H24FNO4/c1-2-3-7-15(16(21)22)20-17(23)18(8-10-24-11-9-18)13-5-4-6-14(19)12-13/h4-6,12,15H,2-3,7-11H2,1H3,(H,20,23)(H,21,22)/t15-/m0/s1. The summed E-state index contributed by atoms with van der Waals surface area (Å²) in [5.41, 5.74) is -0.372. The lowest BCUT2D eigenvalue weighted by molar-refractivity contribution is -0.144. The van der Waals surface area contributed by atoms with Gasteiger partial charge in [-0.25, -0.2) is 9.18 Å². The minimum atomic E-state index is -1.04. The van der Waals surface area contributed by atoms with Crippen molar-refractivity contribution in [3.63, 3.8) is 0 Å². The summed E-state index contributed by atoms with van der Waals surface area (Å²) in [4.78, 5) is 24.4. The van der Waals surface area contributed by atoms with Crippen LogP contribution in [-0.4, -0.2) is 36.2 Å². The topological polar surface area (TPSA) is 75.6 Å². The summed E-state index contributed by atoms with van der Waals surface area (Å²) in [7, 11) is 0. The third kappa shape index (κ3) is 4.12. The number of nitrogens with one attached hydrogen (secondary N) is 1. The van der Waals surface area contributed by atoms with Crippen molar-refractivity contribution in [1.29, 1.82) is 0 Å². The molecule has 0 spiro atoms. The summed E-state index contributed by atoms with van der Waals surface area (Å²) >= 11 is 0. The van der Waals surface area contributed by atoms with Crippen molar-refractivity contribution in [3.05, 3.63) is 35.6 Å². The molecule has 2 N–H and O–H groups in total. The number of aliphatic carboxylic acids is 1. The van der Waals surface area contributed by atoms with Crippen molar-refractivity contribution in [2.45, 2.75) is 50.5 Å². The molecule has 1 amide bonds. The monoisotopic (exact) mass is 337 g/mol. The molecular weight excluding hydrogens is 313 g/mol. The van der Waals surface area contributed by atoms with E-state index in [1.807, 2.05) is 6.92 Å². The second kappa shape index (κ2) is 8.24. The predicted molar refractivity (Wildman–Crippen MR) is 87.2 cm³/mol. The molecule has 0 unspecified atom stereocenters. The Morgan fingerprint density at radius 1 is 1.38 bits per heavy atom. The fourth-order valence-electron chi connectivity index (χ4n) is 3.11. The molecule has 0 saturated carbocycles. The minimum absolute atomic E-state index is 0.361. The van der Waals surface area contributed by atoms with Crippen LogP contribution in [0.25, 0.3) is 0 Å². The van der Waals surface area contributed by atoms with E-state index in [9.17, 15) is 19.1 Å². The zero-order valence-electron chi connectivity index (χ0n) is 13.9. The average molecular weight is 337 g/mol. The van der Waals surface area contributed by atoms with E-state index in [4.69, 9.17) is 4.74 Å². The number of carbonyl (C=O) groups excluding carboxylic acids is 1. The fourth-order valence-corrected chi connectivity index (χ4v) is 3.11. The smallest absolute Gasteiger partial charge is 0.326 e. The summed E-state index contributed by atoms with van der Waals surface area (Å²) in [6, 6.07) is 5.05. The number of halogens is 1. The first-order valence-electron chi connectivity index (χ1n) is 8.37. The number of unbranched alkanes of at least 4 members (excludes halogenated alkanes) is 1. The van der Waals surface area contributed by atoms with Gasteiger partial charge in [-0.15, -0.1) is 0 Å². The molecule has 1 heterocycles. The zero-order chi connectivity index (χ0) is 17.6. The van der Waals surface area contributed by atoms with Gasteiger partial charge in [-0.05, 0) is 37.0 Å². The number of hydrogen-bond donors (Lipinski definition) is 2. The molecule has 1 aromatic rings. The van der Waals surface area contributed by atoms with Gasteiger partial charge in [0.25, 0.3) is 0 Å². The number of carboxylic acid groups (broad SMARTS) is 1. The number of carbonyl (C=O) groups is 2. The van der Waals surface area contributed by atoms with Gasteiger partial charge in [-0.2, -0.15) is 0 Å². The van der Waals surface area contributed by atoms with E-state index in [1.165, 1.54) is 12.1 Å². The Morgan fingerprint density at radius 2 is 2.08 bits per heavy atom. The van der Waals surface area contributed by atoms with Crippen LogP contribution in [0, 0.1) is 5.82 Å². The van der Waals surface area contributed by atoms with E-state index < -0.39 is 23.2 Å². The quantitative estimate of drug-likeness (QED) is 0.802. The van der Waals surface area contributed by atoms with Gasteiger partial charge >= 0.3 is 5.97 Å². The molecule has 2 rings (SSSR count). The fraction of sp³-hybridized carbons (Fsp3) is 0.556. The first-order valence-corrected chi connectivity index (χ1v) is 8.37. The number of ether oxygens (including phenoxy) is 1. The van der Waals surface area contributed by atoms with Gasteiger partial charge in [0.1, 0.15) is 11.9 Å². The molecule has 1 saturated heterocycles. The van der Waals surface area contributed by atoms with Crippen LogP contribution in [0.2, 0.25) is 0 Å². The molecule has 24 heavy (non-hydrogen) atoms. The average Bonchev–Trinajstić information content (AvgIpc) is 2.58. The first-order chi connectivity index (χ1) is 11.5. The van der Waals surface area contributed by atoms with Gasteiger partial charge in [-0.1, -0.05) is 31.9 Å². The van der Waals surface area contributed by atoms with E-state index in [-0.39, 0.29) is 5.91 Å². The van der Waals surface area contributed by atoms with Crippen LogP contribution < -0.4 is 5.32 Å². The van der Waals surface area contributed by atoms with E-state index in [2.05, 4.69) is 5.32 Å². The molecule has 1 aliphatic heterocycles. The molecule has 0 radical (unpaired) electrons. The van der Waals surface area contributed by atoms with Crippen LogP contribution in [0.4, 0.5) is 4.39 Å². The largest absolute Gasteiger partial charge is 0.480 e. The minimum Gasteiger partial charge on any atom is -0.480 e. The van der Waals surface area contributed by atoms with Crippen molar-refractivity contribution in [1.82, 2.24) is 5.32 Å². The Morgan fingerprint density at radius 3 is 2.67 bits per heavy atom. The Kier molecular flexibility index (Phi) is 6.31. The van der Waals surface area contributed by atoms with Crippen LogP contribution in [0.5, 0.6) is 0 Å². The van der Waals surface area contributed by atoms with Crippen LogP contribution in [-0.2, 0) is 19.7 Å². The maximum absolute atomic E-state index is 13.7. The van der Waals surface area contributed by atoms with E-state index >= 15 is 0 Å². The molecule has 0 aliphatic carbocycles. The molecule has 1 aliphatic rings. The van der Waals surface area contributed by atoms with Gasteiger partial charge in [0.15, 0.2) is 0 Å². The Balaban J connectivity index is 2.26. The maximum atomic E-state index is 13.7. The lowest BCUT2D eigenvalue weighted by Crippen LogP contribution is -2.52. The molecule has 6 heteroatoms. The third-order valence-electron chi connectivity index (χ3n) is 4.61. The Hall–Kier alpha value is -1.95. The van der Waals surface area contributed by atoms with Crippen LogP contribution in [0.1, 0.15) is 44.6 Å². The number of rotatable bonds is 7. The van der Waals surface area contributed by atoms with Crippen molar-refractivity contribution in [2.24, 2.45) is 0 Å². The van der Waals surface area contributed by atoms with Crippen molar-refractivity contribution >= 4 is 11.9 Å². The lowest BCUT2D eigenvalue weighted by atomic mass is 9.73. The second-order valence-corrected chi connectivity index (χ2v) is 6.21. The van der Waals surface area contributed by atoms with E-state index in [0.29, 0.717) is 44.5 Å². The Labute approximate surface area is 141 Å². The van der Waals surface area contributed by atoms with Crippen molar-refractivity contribution < 1.29 is 23.8 Å². The normalized spacial score (nSPS) is 17.9. The van der Waals surface area contributed by atoms with E-state index in [0.717, 1.165) is 6.42 Å². The molecule has 132 valence electrons. The summed E-state index contributed by atoms with van der Waals surface area (Å²) in [6.07, 6.45) is 2.76. The maximum Gasteiger partial charge on any atom is 0.326 e. The summed E-state index contributed by atoms with van der Waals surface area (Å²) in [5.74, 6) is -1.81. The molecule has 1 fully saturated rings. The molecular formula is C18H24FNO4. The highest BCUT2D eigenvalue weighted by Crippen LogP contribution is 2.35. The second-order valence-electron chi connectivity index (χ2n) is 6.21. The highest BCUT2D eigenvalue weighted by molar-refractivity contribution is 5.91. The molecule has 5 nitrogen and oxygen atoms in total. The van der Waals surface area contributed by atoms with Crippen LogP contribution >= 0.6 is 0 Å². The SMILES string of the molecule is CCCC[C@H](NC(=O)C1(c2cccc(F)c2)CCOCC1)C(=O)O. The van der Waals surface area contributed by atoms with Crippen molar-refractivity contribution in [3.8, 4) is 0 Å². The van der Waals surface area contributed by atoms with Gasteiger partial charge in [0.2, 0.25) is 5.91 Å². The van der Waals surface area contributed by atoms with Crippen LogP contribution in [0.15, 0.2) is 24.3 Å². The number of hydrogen-bond acceptors (Lipinski definition) is 3. The highest BCUT2D eigenvalue weighted by Gasteiger charge is 2.43. The van der Waals surface area contributed by atoms with Gasteiger partial charge in [0.05, 0.1) is 5.41 Å². The van der Waals surface area contributed by atoms with Gasteiger partial charge in [0, 0.05) is 13.2 Å². The first kappa shape index (κ1) is 18.4. The number of carboxylic acids is 1. The number of amides is 1.